The van der Waals surface area contributed by atoms with Crippen LogP contribution in [-0.2, 0) is 4.74 Å². The van der Waals surface area contributed by atoms with E-state index < -0.39 is 0 Å². The van der Waals surface area contributed by atoms with Crippen molar-refractivity contribution in [1.29, 1.82) is 0 Å². The number of rotatable bonds is 2. The number of ether oxygens (including phenoxy) is 1. The summed E-state index contributed by atoms with van der Waals surface area (Å²) in [7, 11) is 0. The van der Waals surface area contributed by atoms with Crippen LogP contribution in [0.25, 0.3) is 10.8 Å². The van der Waals surface area contributed by atoms with Gasteiger partial charge in [0.1, 0.15) is 6.10 Å². The minimum absolute atomic E-state index is 0.167. The number of hydrogen-bond acceptors (Lipinski definition) is 2. The second kappa shape index (κ2) is 3.74. The summed E-state index contributed by atoms with van der Waals surface area (Å²) < 4.78 is 5.33. The topological polar surface area (TPSA) is 26.3 Å². The molecule has 2 aromatic carbocycles. The molecule has 0 fully saturated rings. The number of esters is 1. The van der Waals surface area contributed by atoms with Gasteiger partial charge in [-0.15, -0.1) is 6.58 Å². The lowest BCUT2D eigenvalue weighted by molar-refractivity contribution is 0.0392. The number of carbonyl (C=O) groups is 1. The molecule has 2 heteroatoms. The lowest BCUT2D eigenvalue weighted by atomic mass is 9.98. The monoisotopic (exact) mass is 224 g/mol. The molecule has 17 heavy (non-hydrogen) atoms. The fourth-order valence-electron chi connectivity index (χ4n) is 2.28. The summed E-state index contributed by atoms with van der Waals surface area (Å²) >= 11 is 0. The largest absolute Gasteiger partial charge is 0.454 e. The summed E-state index contributed by atoms with van der Waals surface area (Å²) in [6.07, 6.45) is 2.28. The molecule has 2 aromatic rings. The van der Waals surface area contributed by atoms with Crippen molar-refractivity contribution in [2.75, 3.05) is 0 Å². The maximum Gasteiger partial charge on any atom is 0.339 e. The molecule has 84 valence electrons. The Balaban J connectivity index is 2.22. The smallest absolute Gasteiger partial charge is 0.339 e. The van der Waals surface area contributed by atoms with Crippen molar-refractivity contribution in [3.63, 3.8) is 0 Å². The molecular weight excluding hydrogens is 212 g/mol. The van der Waals surface area contributed by atoms with Crippen LogP contribution < -0.4 is 0 Å². The molecule has 0 N–H and O–H groups in total. The quantitative estimate of drug-likeness (QED) is 0.575. The summed E-state index contributed by atoms with van der Waals surface area (Å²) in [6, 6.07) is 12.0. The van der Waals surface area contributed by atoms with Crippen LogP contribution in [0, 0.1) is 0 Å². The van der Waals surface area contributed by atoms with Crippen LogP contribution in [0.15, 0.2) is 49.1 Å². The molecule has 0 aliphatic carbocycles. The second-order valence-corrected chi connectivity index (χ2v) is 4.20. The van der Waals surface area contributed by atoms with Crippen LogP contribution in [0.4, 0.5) is 0 Å². The van der Waals surface area contributed by atoms with Gasteiger partial charge in [-0.2, -0.15) is 0 Å². The van der Waals surface area contributed by atoms with Crippen molar-refractivity contribution < 1.29 is 9.53 Å². The summed E-state index contributed by atoms with van der Waals surface area (Å²) in [4.78, 5) is 11.7. The Morgan fingerprint density at radius 3 is 2.65 bits per heavy atom. The third-order valence-electron chi connectivity index (χ3n) is 3.11. The first-order valence-electron chi connectivity index (χ1n) is 5.64. The average molecular weight is 224 g/mol. The molecule has 3 rings (SSSR count). The van der Waals surface area contributed by atoms with Crippen LogP contribution in [0.3, 0.4) is 0 Å². The molecule has 0 spiro atoms. The van der Waals surface area contributed by atoms with Gasteiger partial charge in [0, 0.05) is 12.0 Å². The van der Waals surface area contributed by atoms with Crippen molar-refractivity contribution in [1.82, 2.24) is 0 Å². The van der Waals surface area contributed by atoms with E-state index in [0.717, 1.165) is 16.3 Å². The zero-order valence-corrected chi connectivity index (χ0v) is 9.35. The molecule has 2 nitrogen and oxygen atoms in total. The zero-order valence-electron chi connectivity index (χ0n) is 9.35. The highest BCUT2D eigenvalue weighted by molar-refractivity contribution is 5.99. The molecule has 1 heterocycles. The molecule has 0 bridgehead atoms. The van der Waals surface area contributed by atoms with Crippen molar-refractivity contribution in [2.24, 2.45) is 0 Å². The van der Waals surface area contributed by atoms with Gasteiger partial charge in [-0.25, -0.2) is 4.79 Å². The molecule has 1 aliphatic heterocycles. The summed E-state index contributed by atoms with van der Waals surface area (Å²) in [5.41, 5.74) is 1.67. The Hall–Kier alpha value is -2.09. The van der Waals surface area contributed by atoms with E-state index in [1.807, 2.05) is 36.4 Å². The molecule has 1 atom stereocenters. The van der Waals surface area contributed by atoms with Gasteiger partial charge in [0.15, 0.2) is 0 Å². The van der Waals surface area contributed by atoms with Crippen LogP contribution in [-0.4, -0.2) is 5.97 Å². The first-order valence-corrected chi connectivity index (χ1v) is 5.64. The van der Waals surface area contributed by atoms with Crippen LogP contribution in [0.1, 0.15) is 28.4 Å². The van der Waals surface area contributed by atoms with Crippen LogP contribution in [0.5, 0.6) is 0 Å². The number of benzene rings is 2. The van der Waals surface area contributed by atoms with Crippen molar-refractivity contribution >= 4 is 16.7 Å². The van der Waals surface area contributed by atoms with Gasteiger partial charge in [-0.1, -0.05) is 30.3 Å². The number of fused-ring (bicyclic) bond motifs is 2. The summed E-state index contributed by atoms with van der Waals surface area (Å²) in [5.74, 6) is -0.224. The molecule has 0 unspecified atom stereocenters. The maximum absolute atomic E-state index is 11.7. The van der Waals surface area contributed by atoms with E-state index in [2.05, 4.69) is 6.58 Å². The van der Waals surface area contributed by atoms with Gasteiger partial charge in [0.05, 0.1) is 5.56 Å². The zero-order chi connectivity index (χ0) is 11.8. The Kier molecular flexibility index (Phi) is 2.22. The lowest BCUT2D eigenvalue weighted by Gasteiger charge is -2.07. The van der Waals surface area contributed by atoms with Crippen LogP contribution in [0.2, 0.25) is 0 Å². The van der Waals surface area contributed by atoms with Crippen molar-refractivity contribution in [3.8, 4) is 0 Å². The van der Waals surface area contributed by atoms with E-state index in [4.69, 9.17) is 4.74 Å². The minimum atomic E-state index is -0.224. The van der Waals surface area contributed by atoms with Crippen molar-refractivity contribution in [2.45, 2.75) is 12.5 Å². The van der Waals surface area contributed by atoms with Gasteiger partial charge in [-0.05, 0) is 22.9 Å². The minimum Gasteiger partial charge on any atom is -0.454 e. The van der Waals surface area contributed by atoms with E-state index in [-0.39, 0.29) is 12.1 Å². The number of carbonyl (C=O) groups excluding carboxylic acids is 1. The molecule has 0 amide bonds. The van der Waals surface area contributed by atoms with Crippen molar-refractivity contribution in [3.05, 3.63) is 60.2 Å². The highest BCUT2D eigenvalue weighted by Gasteiger charge is 2.30. The van der Waals surface area contributed by atoms with Gasteiger partial charge < -0.3 is 4.74 Å². The van der Waals surface area contributed by atoms with E-state index in [1.54, 1.807) is 6.08 Å². The van der Waals surface area contributed by atoms with Crippen LogP contribution >= 0.6 is 0 Å². The molecule has 0 saturated carbocycles. The van der Waals surface area contributed by atoms with E-state index in [1.165, 1.54) is 0 Å². The van der Waals surface area contributed by atoms with Gasteiger partial charge in [0.2, 0.25) is 0 Å². The highest BCUT2D eigenvalue weighted by atomic mass is 16.5. The standard InChI is InChI=1S/C15H12O2/c1-2-5-14-12-8-10-6-3-4-7-11(10)9-13(12)15(16)17-14/h2-4,6-9,14H,1,5H2/t14-/m0/s1. The molecule has 1 aliphatic rings. The van der Waals surface area contributed by atoms with E-state index in [0.29, 0.717) is 12.0 Å². The summed E-state index contributed by atoms with van der Waals surface area (Å²) in [5, 5.41) is 2.21. The lowest BCUT2D eigenvalue weighted by Crippen LogP contribution is -1.96. The Bertz CT molecular complexity index is 613. The Morgan fingerprint density at radius 2 is 1.94 bits per heavy atom. The molecule has 0 saturated heterocycles. The van der Waals surface area contributed by atoms with E-state index >= 15 is 0 Å². The van der Waals surface area contributed by atoms with E-state index in [9.17, 15) is 4.79 Å². The SMILES string of the molecule is C=CC[C@@H]1OC(=O)c2cc3ccccc3cc21. The molecule has 0 aromatic heterocycles. The third kappa shape index (κ3) is 1.53. The fraction of sp³-hybridized carbons (Fsp3) is 0.133. The van der Waals surface area contributed by atoms with Gasteiger partial charge in [0.25, 0.3) is 0 Å². The van der Waals surface area contributed by atoms with Gasteiger partial charge >= 0.3 is 5.97 Å². The Morgan fingerprint density at radius 1 is 1.24 bits per heavy atom. The highest BCUT2D eigenvalue weighted by Crippen LogP contribution is 2.35. The predicted molar refractivity (Wildman–Crippen MR) is 66.9 cm³/mol. The molecule has 0 radical (unpaired) electrons. The van der Waals surface area contributed by atoms with Gasteiger partial charge in [-0.3, -0.25) is 0 Å². The first kappa shape index (κ1) is 10.1. The summed E-state index contributed by atoms with van der Waals surface area (Å²) in [6.45, 7) is 3.69. The maximum atomic E-state index is 11.7. The normalized spacial score (nSPS) is 17.9. The Labute approximate surface area is 99.5 Å². The predicted octanol–water partition coefficient (Wildman–Crippen LogP) is 3.63. The first-order chi connectivity index (χ1) is 8.29. The number of cyclic esters (lactones) is 1. The third-order valence-corrected chi connectivity index (χ3v) is 3.11. The second-order valence-electron chi connectivity index (χ2n) is 4.20. The molecular formula is C15H12O2. The average Bonchev–Trinajstić information content (AvgIpc) is 2.64. The number of hydrogen-bond donors (Lipinski definition) is 0. The fourth-order valence-corrected chi connectivity index (χ4v) is 2.28.